The van der Waals surface area contributed by atoms with Gasteiger partial charge in [-0.05, 0) is 51.7 Å². The number of piperazine rings is 1. The fourth-order valence-corrected chi connectivity index (χ4v) is 6.54. The Labute approximate surface area is 270 Å². The van der Waals surface area contributed by atoms with Crippen LogP contribution >= 0.6 is 7.82 Å². The Hall–Kier alpha value is -4.81. The molecule has 47 heavy (non-hydrogen) atoms. The lowest BCUT2D eigenvalue weighted by molar-refractivity contribution is -0.157. The standard InChI is InChI=1S/C33H33FN5O7P/c1-36(33(42)35-18-23-9-13-26(34)14-10-23)38-21-31(40)39-29(17-22-11-15-27(16-12-22)46-47(43,44)45)32(41)37(20-30(38)39)19-25-7-4-6-24-5-2-3-8-28(24)25/h2-16,29-30H,17-21H2,1H3,(H,35,42)(H2,43,44,45)/t29-,30-/m1/s1. The van der Waals surface area contributed by atoms with Crippen LogP contribution in [-0.2, 0) is 33.7 Å². The zero-order chi connectivity index (χ0) is 33.3. The smallest absolute Gasteiger partial charge is 0.404 e. The second kappa shape index (κ2) is 13.1. The number of carbonyl (C=O) groups is 3. The Balaban J connectivity index is 1.27. The Morgan fingerprint density at radius 1 is 0.979 bits per heavy atom. The van der Waals surface area contributed by atoms with E-state index in [1.165, 1.54) is 34.2 Å². The summed E-state index contributed by atoms with van der Waals surface area (Å²) in [7, 11) is -3.20. The summed E-state index contributed by atoms with van der Waals surface area (Å²) in [6.45, 7) is 0.440. The van der Waals surface area contributed by atoms with Crippen molar-refractivity contribution in [1.29, 1.82) is 0 Å². The van der Waals surface area contributed by atoms with Gasteiger partial charge in [-0.15, -0.1) is 0 Å². The molecule has 4 amide bonds. The van der Waals surface area contributed by atoms with Crippen LogP contribution in [0.1, 0.15) is 16.7 Å². The summed E-state index contributed by atoms with van der Waals surface area (Å²) >= 11 is 0. The summed E-state index contributed by atoms with van der Waals surface area (Å²) in [6.07, 6.45) is -0.531. The molecule has 2 aliphatic heterocycles. The first-order chi connectivity index (χ1) is 22.5. The normalized spacial score (nSPS) is 18.4. The first kappa shape index (κ1) is 32.1. The molecule has 2 aliphatic rings. The van der Waals surface area contributed by atoms with Gasteiger partial charge >= 0.3 is 13.9 Å². The predicted molar refractivity (Wildman–Crippen MR) is 170 cm³/mol. The van der Waals surface area contributed by atoms with Crippen LogP contribution in [0.5, 0.6) is 5.75 Å². The zero-order valence-electron chi connectivity index (χ0n) is 25.4. The molecule has 3 N–H and O–H groups in total. The number of hydrazine groups is 1. The van der Waals surface area contributed by atoms with Gasteiger partial charge in [0.05, 0.1) is 13.1 Å². The maximum atomic E-state index is 14.2. The van der Waals surface area contributed by atoms with Crippen molar-refractivity contribution in [2.75, 3.05) is 20.1 Å². The van der Waals surface area contributed by atoms with E-state index in [-0.39, 0.29) is 56.0 Å². The molecule has 2 atom stereocenters. The highest BCUT2D eigenvalue weighted by molar-refractivity contribution is 7.46. The van der Waals surface area contributed by atoms with Crippen molar-refractivity contribution >= 4 is 36.4 Å². The van der Waals surface area contributed by atoms with E-state index >= 15 is 0 Å². The molecule has 2 fully saturated rings. The van der Waals surface area contributed by atoms with E-state index < -0.39 is 26.1 Å². The lowest BCUT2D eigenvalue weighted by atomic mass is 9.99. The molecule has 6 rings (SSSR count). The third-order valence-corrected chi connectivity index (χ3v) is 8.87. The SMILES string of the molecule is CN(C(=O)NCc1ccc(F)cc1)N1CC(=O)N2[C@H](Cc3ccc(OP(=O)(O)O)cc3)C(=O)N(Cc3cccc4ccccc34)C[C@@H]21. The van der Waals surface area contributed by atoms with E-state index in [9.17, 15) is 23.3 Å². The van der Waals surface area contributed by atoms with Crippen molar-refractivity contribution in [3.8, 4) is 5.75 Å². The minimum atomic E-state index is -4.75. The molecule has 244 valence electrons. The van der Waals surface area contributed by atoms with E-state index in [0.717, 1.165) is 16.3 Å². The third-order valence-electron chi connectivity index (χ3n) is 8.42. The highest BCUT2D eigenvalue weighted by atomic mass is 31.2. The number of phosphoric acid groups is 1. The highest BCUT2D eigenvalue weighted by Crippen LogP contribution is 2.38. The number of nitrogens with one attached hydrogen (secondary N) is 1. The van der Waals surface area contributed by atoms with Gasteiger partial charge in [0.25, 0.3) is 0 Å². The number of urea groups is 1. The molecule has 0 radical (unpaired) electrons. The average molecular weight is 662 g/mol. The van der Waals surface area contributed by atoms with Crippen molar-refractivity contribution in [2.24, 2.45) is 0 Å². The molecule has 0 aliphatic carbocycles. The van der Waals surface area contributed by atoms with Gasteiger partial charge in [0.1, 0.15) is 23.8 Å². The molecule has 14 heteroatoms. The Bertz CT molecular complexity index is 1850. The minimum Gasteiger partial charge on any atom is -0.404 e. The number of amides is 4. The van der Waals surface area contributed by atoms with Crippen molar-refractivity contribution in [2.45, 2.75) is 31.7 Å². The first-order valence-corrected chi connectivity index (χ1v) is 16.4. The molecule has 12 nitrogen and oxygen atoms in total. The Kier molecular flexibility index (Phi) is 8.98. The molecule has 0 spiro atoms. The van der Waals surface area contributed by atoms with Crippen LogP contribution in [0.4, 0.5) is 9.18 Å². The number of carbonyl (C=O) groups excluding carboxylic acids is 3. The minimum absolute atomic E-state index is 0.0378. The highest BCUT2D eigenvalue weighted by Gasteiger charge is 2.51. The van der Waals surface area contributed by atoms with Crippen molar-refractivity contribution in [1.82, 2.24) is 25.1 Å². The van der Waals surface area contributed by atoms with Crippen LogP contribution in [0.25, 0.3) is 10.8 Å². The quantitative estimate of drug-likeness (QED) is 0.231. The van der Waals surface area contributed by atoms with Gasteiger partial charge in [0, 0.05) is 26.6 Å². The third kappa shape index (κ3) is 7.13. The average Bonchev–Trinajstić information content (AvgIpc) is 3.37. The van der Waals surface area contributed by atoms with Crippen molar-refractivity contribution < 1.29 is 37.6 Å². The van der Waals surface area contributed by atoms with Gasteiger partial charge in [0.15, 0.2) is 0 Å². The first-order valence-electron chi connectivity index (χ1n) is 14.9. The van der Waals surface area contributed by atoms with Crippen LogP contribution in [0, 0.1) is 5.82 Å². The second-order valence-electron chi connectivity index (χ2n) is 11.5. The Morgan fingerprint density at radius 2 is 1.66 bits per heavy atom. The molecule has 0 aromatic heterocycles. The molecule has 0 bridgehead atoms. The molecule has 2 heterocycles. The zero-order valence-corrected chi connectivity index (χ0v) is 26.3. The second-order valence-corrected chi connectivity index (χ2v) is 12.7. The van der Waals surface area contributed by atoms with Gasteiger partial charge < -0.3 is 19.6 Å². The van der Waals surface area contributed by atoms with Gasteiger partial charge in [-0.1, -0.05) is 66.7 Å². The van der Waals surface area contributed by atoms with Crippen molar-refractivity contribution in [3.05, 3.63) is 114 Å². The van der Waals surface area contributed by atoms with Crippen molar-refractivity contribution in [3.63, 3.8) is 0 Å². The van der Waals surface area contributed by atoms with Crippen LogP contribution in [-0.4, -0.2) is 79.8 Å². The lowest BCUT2D eigenvalue weighted by Crippen LogP contribution is -2.65. The number of benzene rings is 4. The Morgan fingerprint density at radius 3 is 2.38 bits per heavy atom. The molecule has 2 saturated heterocycles. The van der Waals surface area contributed by atoms with Crippen LogP contribution in [0.3, 0.4) is 0 Å². The van der Waals surface area contributed by atoms with E-state index in [1.807, 2.05) is 42.5 Å². The van der Waals surface area contributed by atoms with Gasteiger partial charge in [-0.2, -0.15) is 5.01 Å². The van der Waals surface area contributed by atoms with E-state index in [4.69, 9.17) is 9.79 Å². The molecule has 4 aromatic carbocycles. The summed E-state index contributed by atoms with van der Waals surface area (Å²) < 4.78 is 29.2. The summed E-state index contributed by atoms with van der Waals surface area (Å²) in [5.74, 6) is -1.00. The number of fused-ring (bicyclic) bond motifs is 2. The van der Waals surface area contributed by atoms with Crippen LogP contribution < -0.4 is 9.84 Å². The largest absolute Gasteiger partial charge is 0.524 e. The van der Waals surface area contributed by atoms with Crippen LogP contribution in [0.15, 0.2) is 91.0 Å². The summed E-state index contributed by atoms with van der Waals surface area (Å²) in [4.78, 5) is 62.5. The number of rotatable bonds is 9. The van der Waals surface area contributed by atoms with Gasteiger partial charge in [-0.3, -0.25) is 24.4 Å². The van der Waals surface area contributed by atoms with E-state index in [0.29, 0.717) is 11.1 Å². The van der Waals surface area contributed by atoms with E-state index in [1.54, 1.807) is 41.2 Å². The molecular formula is C33H33FN5O7P. The number of halogens is 1. The fourth-order valence-electron chi connectivity index (χ4n) is 6.14. The summed E-state index contributed by atoms with van der Waals surface area (Å²) in [5, 5.41) is 7.80. The monoisotopic (exact) mass is 661 g/mol. The summed E-state index contributed by atoms with van der Waals surface area (Å²) in [5.41, 5.74) is 2.28. The molecular weight excluding hydrogens is 628 g/mol. The maximum absolute atomic E-state index is 14.2. The van der Waals surface area contributed by atoms with Gasteiger partial charge in [0.2, 0.25) is 11.8 Å². The lowest BCUT2D eigenvalue weighted by Gasteiger charge is -2.46. The fraction of sp³-hybridized carbons (Fsp3) is 0.242. The number of nitrogens with zero attached hydrogens (tertiary/aromatic N) is 4. The number of hydrogen-bond acceptors (Lipinski definition) is 6. The van der Waals surface area contributed by atoms with Gasteiger partial charge in [-0.25, -0.2) is 13.8 Å². The van der Waals surface area contributed by atoms with Crippen LogP contribution in [0.2, 0.25) is 0 Å². The molecule has 4 aromatic rings. The van der Waals surface area contributed by atoms with E-state index in [2.05, 4.69) is 9.84 Å². The summed E-state index contributed by atoms with van der Waals surface area (Å²) in [6, 6.07) is 24.1. The number of phosphoric ester groups is 1. The predicted octanol–water partition coefficient (Wildman–Crippen LogP) is 3.63. The number of hydrogen-bond donors (Lipinski definition) is 3. The topological polar surface area (TPSA) is 143 Å². The molecule has 0 unspecified atom stereocenters. The molecule has 0 saturated carbocycles. The maximum Gasteiger partial charge on any atom is 0.524 e.